The summed E-state index contributed by atoms with van der Waals surface area (Å²) in [6.07, 6.45) is 1.05. The van der Waals surface area contributed by atoms with Gasteiger partial charge in [-0.2, -0.15) is 0 Å². The summed E-state index contributed by atoms with van der Waals surface area (Å²) in [6, 6.07) is 10.3. The Morgan fingerprint density at radius 3 is 2.52 bits per heavy atom. The molecule has 0 fully saturated rings. The number of hydrogen-bond donors (Lipinski definition) is 1. The molecule has 0 radical (unpaired) electrons. The van der Waals surface area contributed by atoms with Gasteiger partial charge in [0.05, 0.1) is 29.5 Å². The quantitative estimate of drug-likeness (QED) is 0.517. The summed E-state index contributed by atoms with van der Waals surface area (Å²) < 4.78 is 5.46. The van der Waals surface area contributed by atoms with Gasteiger partial charge in [-0.05, 0) is 36.1 Å². The van der Waals surface area contributed by atoms with Crippen LogP contribution in [0.15, 0.2) is 47.7 Å². The molecule has 174 valence electrons. The van der Waals surface area contributed by atoms with Crippen molar-refractivity contribution in [1.29, 1.82) is 0 Å². The van der Waals surface area contributed by atoms with E-state index < -0.39 is 6.04 Å². The number of carbonyl (C=O) groups is 2. The van der Waals surface area contributed by atoms with Gasteiger partial charge >= 0.3 is 0 Å². The Morgan fingerprint density at radius 1 is 1.15 bits per heavy atom. The van der Waals surface area contributed by atoms with Crippen molar-refractivity contribution in [3.05, 3.63) is 63.3 Å². The first kappa shape index (κ1) is 23.7. The van der Waals surface area contributed by atoms with E-state index in [1.807, 2.05) is 38.1 Å². The Morgan fingerprint density at radius 2 is 1.85 bits per heavy atom. The minimum absolute atomic E-state index is 0.00176. The third-order valence-corrected chi connectivity index (χ3v) is 6.82. The van der Waals surface area contributed by atoms with E-state index in [0.29, 0.717) is 45.5 Å². The number of benzene rings is 2. The van der Waals surface area contributed by atoms with Crippen LogP contribution in [0.5, 0.6) is 5.75 Å². The molecule has 1 amide bonds. The Bertz CT molecular complexity index is 1170. The molecule has 1 aliphatic heterocycles. The summed E-state index contributed by atoms with van der Waals surface area (Å²) in [5.74, 6) is 0.0266. The van der Waals surface area contributed by atoms with Crippen molar-refractivity contribution in [2.45, 2.75) is 46.6 Å². The number of para-hydroxylation sites is 2. The van der Waals surface area contributed by atoms with Crippen LogP contribution in [0.2, 0.25) is 10.0 Å². The van der Waals surface area contributed by atoms with E-state index in [9.17, 15) is 9.59 Å². The number of ether oxygens (including phenoxy) is 1. The van der Waals surface area contributed by atoms with Gasteiger partial charge in [0.1, 0.15) is 5.75 Å². The number of halogens is 2. The number of anilines is 2. The van der Waals surface area contributed by atoms with Gasteiger partial charge in [0.25, 0.3) is 0 Å². The molecule has 0 saturated heterocycles. The van der Waals surface area contributed by atoms with Crippen LogP contribution in [0.25, 0.3) is 0 Å². The van der Waals surface area contributed by atoms with Gasteiger partial charge in [-0.1, -0.05) is 63.0 Å². The highest BCUT2D eigenvalue weighted by atomic mass is 35.5. The molecule has 1 aliphatic carbocycles. The number of hydrogen-bond acceptors (Lipinski definition) is 4. The van der Waals surface area contributed by atoms with E-state index in [0.717, 1.165) is 11.4 Å². The number of fused-ring (bicyclic) bond motifs is 1. The van der Waals surface area contributed by atoms with Crippen LogP contribution < -0.4 is 15.0 Å². The smallest absolute Gasteiger partial charge is 0.230 e. The number of rotatable bonds is 3. The molecule has 2 aromatic rings. The van der Waals surface area contributed by atoms with Gasteiger partial charge in [0.15, 0.2) is 5.78 Å². The number of nitrogens with zero attached hydrogens (tertiary/aromatic N) is 1. The van der Waals surface area contributed by atoms with Gasteiger partial charge in [-0.25, -0.2) is 0 Å². The van der Waals surface area contributed by atoms with Gasteiger partial charge in [0.2, 0.25) is 5.91 Å². The zero-order chi connectivity index (χ0) is 24.1. The number of amides is 1. The van der Waals surface area contributed by atoms with E-state index in [2.05, 4.69) is 19.2 Å². The molecule has 1 unspecified atom stereocenters. The topological polar surface area (TPSA) is 58.6 Å². The lowest BCUT2D eigenvalue weighted by Gasteiger charge is -2.38. The molecule has 5 nitrogen and oxygen atoms in total. The fraction of sp³-hybridized carbons (Fsp3) is 0.385. The first-order chi connectivity index (χ1) is 15.5. The average molecular weight is 487 g/mol. The second-order valence-corrected chi connectivity index (χ2v) is 10.6. The van der Waals surface area contributed by atoms with Crippen molar-refractivity contribution in [2.75, 3.05) is 17.3 Å². The Hall–Kier alpha value is -2.50. The van der Waals surface area contributed by atoms with Gasteiger partial charge in [-0.3, -0.25) is 14.5 Å². The molecule has 33 heavy (non-hydrogen) atoms. The summed E-state index contributed by atoms with van der Waals surface area (Å²) in [5.41, 5.74) is 3.26. The molecular formula is C26H28Cl2N2O3. The van der Waals surface area contributed by atoms with Crippen molar-refractivity contribution in [3.63, 3.8) is 0 Å². The summed E-state index contributed by atoms with van der Waals surface area (Å²) in [5, 5.41) is 4.23. The highest BCUT2D eigenvalue weighted by Gasteiger charge is 2.44. The van der Waals surface area contributed by atoms with Crippen LogP contribution in [-0.4, -0.2) is 18.8 Å². The molecule has 2 aromatic carbocycles. The van der Waals surface area contributed by atoms with Crippen molar-refractivity contribution in [3.8, 4) is 5.75 Å². The van der Waals surface area contributed by atoms with Gasteiger partial charge in [-0.15, -0.1) is 0 Å². The average Bonchev–Trinajstić information content (AvgIpc) is 2.86. The summed E-state index contributed by atoms with van der Waals surface area (Å²) in [6.45, 7) is 7.87. The SMILES string of the molecule is COc1cc(C2C3=C(CC(C)(C)CC3=O)Nc3ccccc3N2C(=O)C(C)C)c(Cl)cc1Cl. The monoisotopic (exact) mass is 486 g/mol. The van der Waals surface area contributed by atoms with Gasteiger partial charge in [0, 0.05) is 34.2 Å². The number of ketones is 1. The van der Waals surface area contributed by atoms with Crippen molar-refractivity contribution in [1.82, 2.24) is 0 Å². The zero-order valence-electron chi connectivity index (χ0n) is 19.5. The molecule has 0 bridgehead atoms. The summed E-state index contributed by atoms with van der Waals surface area (Å²) in [7, 11) is 1.53. The minimum atomic E-state index is -0.715. The molecule has 4 rings (SSSR count). The molecule has 1 atom stereocenters. The molecule has 7 heteroatoms. The Balaban J connectivity index is 2.08. The Kier molecular flexibility index (Phi) is 6.23. The fourth-order valence-corrected chi connectivity index (χ4v) is 5.28. The number of allylic oxidation sites excluding steroid dienone is 1. The molecule has 0 aromatic heterocycles. The highest BCUT2D eigenvalue weighted by molar-refractivity contribution is 6.36. The lowest BCUT2D eigenvalue weighted by atomic mass is 9.73. The van der Waals surface area contributed by atoms with Crippen molar-refractivity contribution in [2.24, 2.45) is 11.3 Å². The molecule has 2 aliphatic rings. The van der Waals surface area contributed by atoms with Gasteiger partial charge < -0.3 is 10.1 Å². The fourth-order valence-electron chi connectivity index (χ4n) is 4.71. The van der Waals surface area contributed by atoms with Crippen molar-refractivity contribution >= 4 is 46.3 Å². The lowest BCUT2D eigenvalue weighted by Crippen LogP contribution is -2.41. The molecule has 0 saturated carbocycles. The molecule has 0 spiro atoms. The van der Waals surface area contributed by atoms with Crippen LogP contribution in [-0.2, 0) is 9.59 Å². The molecule has 1 N–H and O–H groups in total. The van der Waals surface area contributed by atoms with Crippen LogP contribution in [0.1, 0.15) is 52.1 Å². The number of carbonyl (C=O) groups excluding carboxylic acids is 2. The second kappa shape index (κ2) is 8.69. The maximum atomic E-state index is 13.7. The van der Waals surface area contributed by atoms with E-state index in [1.165, 1.54) is 7.11 Å². The molecule has 1 heterocycles. The van der Waals surface area contributed by atoms with E-state index >= 15 is 0 Å². The predicted octanol–water partition coefficient (Wildman–Crippen LogP) is 6.80. The molecular weight excluding hydrogens is 459 g/mol. The van der Waals surface area contributed by atoms with E-state index in [-0.39, 0.29) is 23.0 Å². The second-order valence-electron chi connectivity index (χ2n) is 9.75. The van der Waals surface area contributed by atoms with E-state index in [4.69, 9.17) is 27.9 Å². The maximum Gasteiger partial charge on any atom is 0.230 e. The maximum absolute atomic E-state index is 13.7. The Labute approximate surface area is 204 Å². The first-order valence-electron chi connectivity index (χ1n) is 11.0. The zero-order valence-corrected chi connectivity index (χ0v) is 21.0. The summed E-state index contributed by atoms with van der Waals surface area (Å²) in [4.78, 5) is 29.1. The number of methoxy groups -OCH3 is 1. The van der Waals surface area contributed by atoms with Crippen molar-refractivity contribution < 1.29 is 14.3 Å². The lowest BCUT2D eigenvalue weighted by molar-refractivity contribution is -0.122. The third-order valence-electron chi connectivity index (χ3n) is 6.20. The number of Topliss-reactive ketones (excluding diaryl/α,β-unsaturated/α-hetero) is 1. The van der Waals surface area contributed by atoms with Crippen LogP contribution in [0.3, 0.4) is 0 Å². The minimum Gasteiger partial charge on any atom is -0.495 e. The normalized spacial score (nSPS) is 19.6. The first-order valence-corrected chi connectivity index (χ1v) is 11.8. The number of nitrogens with one attached hydrogen (secondary N) is 1. The van der Waals surface area contributed by atoms with Crippen LogP contribution >= 0.6 is 23.2 Å². The van der Waals surface area contributed by atoms with E-state index in [1.54, 1.807) is 17.0 Å². The standard InChI is InChI=1S/C26H28Cl2N2O3/c1-14(2)25(32)30-20-9-7-6-8-18(20)29-19-12-26(3,4)13-21(31)23(19)24(30)15-10-22(33-5)17(28)11-16(15)27/h6-11,14,24,29H,12-13H2,1-5H3. The van der Waals surface area contributed by atoms with Crippen LogP contribution in [0, 0.1) is 11.3 Å². The highest BCUT2D eigenvalue weighted by Crippen LogP contribution is 2.50. The summed E-state index contributed by atoms with van der Waals surface area (Å²) >= 11 is 13.0. The van der Waals surface area contributed by atoms with Crippen LogP contribution in [0.4, 0.5) is 11.4 Å². The predicted molar refractivity (Wildman–Crippen MR) is 133 cm³/mol. The largest absolute Gasteiger partial charge is 0.495 e. The third kappa shape index (κ3) is 4.24.